The molecule has 0 spiro atoms. The Hall–Kier alpha value is -1.87. The van der Waals surface area contributed by atoms with E-state index in [9.17, 15) is 9.90 Å². The lowest BCUT2D eigenvalue weighted by Crippen LogP contribution is -2.63. The number of carbonyl (C=O) groups is 1. The molecule has 3 nitrogen and oxygen atoms in total. The van der Waals surface area contributed by atoms with Gasteiger partial charge in [0.2, 0.25) is 0 Å². The van der Waals surface area contributed by atoms with Crippen molar-refractivity contribution in [2.75, 3.05) is 0 Å². The molecule has 0 heterocycles. The Balaban J connectivity index is 2.16. The van der Waals surface area contributed by atoms with E-state index in [1.54, 1.807) is 0 Å². The summed E-state index contributed by atoms with van der Waals surface area (Å²) in [6, 6.07) is 14.1. The highest BCUT2D eigenvalue weighted by molar-refractivity contribution is 5.83. The van der Waals surface area contributed by atoms with Gasteiger partial charge in [-0.05, 0) is 16.3 Å². The normalized spacial score (nSPS) is 12.5. The molecule has 2 aromatic carbocycles. The van der Waals surface area contributed by atoms with Crippen molar-refractivity contribution in [1.82, 2.24) is 0 Å². The Morgan fingerprint density at radius 3 is 2.59 bits per heavy atom. The minimum atomic E-state index is -1.04. The van der Waals surface area contributed by atoms with E-state index in [-0.39, 0.29) is 12.5 Å². The number of carbonyl (C=O) groups excluding carboxylic acids is 1. The molecular formula is C14H15NO2. The fourth-order valence-electron chi connectivity index (χ4n) is 2.01. The molecule has 0 saturated carbocycles. The van der Waals surface area contributed by atoms with Crippen LogP contribution in [-0.2, 0) is 11.2 Å². The molecule has 1 atom stereocenters. The van der Waals surface area contributed by atoms with Crippen LogP contribution in [0.2, 0.25) is 0 Å². The summed E-state index contributed by atoms with van der Waals surface area (Å²) < 4.78 is 0. The van der Waals surface area contributed by atoms with Gasteiger partial charge in [-0.1, -0.05) is 42.5 Å². The van der Waals surface area contributed by atoms with Crippen molar-refractivity contribution < 1.29 is 15.6 Å². The molecule has 0 aliphatic rings. The van der Waals surface area contributed by atoms with Gasteiger partial charge in [0.1, 0.15) is 0 Å². The quantitative estimate of drug-likeness (QED) is 0.810. The van der Waals surface area contributed by atoms with Crippen molar-refractivity contribution in [3.63, 3.8) is 0 Å². The minimum absolute atomic E-state index is 0.00677. The first-order chi connectivity index (χ1) is 8.15. The summed E-state index contributed by atoms with van der Waals surface area (Å²) in [6.07, 6.45) is 0.672. The summed E-state index contributed by atoms with van der Waals surface area (Å²) in [4.78, 5) is 10.5. The highest BCUT2D eigenvalue weighted by Gasteiger charge is 2.08. The molecule has 88 valence electrons. The molecule has 0 radical (unpaired) electrons. The Morgan fingerprint density at radius 1 is 1.18 bits per heavy atom. The first-order valence-electron chi connectivity index (χ1n) is 5.66. The first kappa shape index (κ1) is 11.6. The van der Waals surface area contributed by atoms with Gasteiger partial charge in [0.05, 0.1) is 6.04 Å². The van der Waals surface area contributed by atoms with E-state index in [1.807, 2.05) is 18.2 Å². The second-order valence-corrected chi connectivity index (χ2v) is 4.33. The van der Waals surface area contributed by atoms with Gasteiger partial charge in [-0.25, -0.2) is 0 Å². The number of rotatable bonds is 4. The maximum atomic E-state index is 10.5. The molecule has 0 aliphatic heterocycles. The predicted molar refractivity (Wildman–Crippen MR) is 64.0 cm³/mol. The average molecular weight is 229 g/mol. The van der Waals surface area contributed by atoms with Gasteiger partial charge in [0.25, 0.3) is 0 Å². The van der Waals surface area contributed by atoms with Crippen LogP contribution in [0.15, 0.2) is 42.5 Å². The van der Waals surface area contributed by atoms with Crippen LogP contribution in [0, 0.1) is 0 Å². The van der Waals surface area contributed by atoms with Gasteiger partial charge in [-0.3, -0.25) is 0 Å². The van der Waals surface area contributed by atoms with E-state index in [2.05, 4.69) is 30.0 Å². The smallest absolute Gasteiger partial charge is 0.0937 e. The summed E-state index contributed by atoms with van der Waals surface area (Å²) in [5.41, 5.74) is 4.95. The van der Waals surface area contributed by atoms with Gasteiger partial charge in [0, 0.05) is 18.8 Å². The van der Waals surface area contributed by atoms with Gasteiger partial charge in [-0.15, -0.1) is 0 Å². The molecular weight excluding hydrogens is 214 g/mol. The summed E-state index contributed by atoms with van der Waals surface area (Å²) in [6.45, 7) is 0. The van der Waals surface area contributed by atoms with E-state index < -0.39 is 5.97 Å². The van der Waals surface area contributed by atoms with Crippen LogP contribution in [0.4, 0.5) is 0 Å². The zero-order valence-electron chi connectivity index (χ0n) is 9.56. The van der Waals surface area contributed by atoms with E-state index >= 15 is 0 Å². The maximum Gasteiger partial charge on any atom is 0.0937 e. The second kappa shape index (κ2) is 4.97. The summed E-state index contributed by atoms with van der Waals surface area (Å²) in [5.74, 6) is -1.04. The fraction of sp³-hybridized carbons (Fsp3) is 0.214. The molecule has 0 bridgehead atoms. The Labute approximate surface area is 99.9 Å². The van der Waals surface area contributed by atoms with Crippen molar-refractivity contribution in [3.05, 3.63) is 48.0 Å². The minimum Gasteiger partial charge on any atom is -0.550 e. The third-order valence-electron chi connectivity index (χ3n) is 2.79. The van der Waals surface area contributed by atoms with Crippen LogP contribution in [0.1, 0.15) is 12.0 Å². The first-order valence-corrected chi connectivity index (χ1v) is 5.66. The Kier molecular flexibility index (Phi) is 3.40. The molecule has 0 fully saturated rings. The van der Waals surface area contributed by atoms with E-state index in [4.69, 9.17) is 0 Å². The molecule has 17 heavy (non-hydrogen) atoms. The second-order valence-electron chi connectivity index (χ2n) is 4.33. The average Bonchev–Trinajstić information content (AvgIpc) is 2.27. The molecule has 3 N–H and O–H groups in total. The Bertz CT molecular complexity index is 536. The third kappa shape index (κ3) is 3.04. The van der Waals surface area contributed by atoms with Crippen LogP contribution in [0.3, 0.4) is 0 Å². The number of hydrogen-bond acceptors (Lipinski definition) is 2. The molecule has 2 aromatic rings. The predicted octanol–water partition coefficient (Wildman–Crippen LogP) is 0.133. The molecule has 0 aliphatic carbocycles. The lowest BCUT2D eigenvalue weighted by molar-refractivity contribution is -0.423. The highest BCUT2D eigenvalue weighted by Crippen LogP contribution is 2.16. The number of fused-ring (bicyclic) bond motifs is 1. The third-order valence-corrected chi connectivity index (χ3v) is 2.79. The van der Waals surface area contributed by atoms with Crippen LogP contribution >= 0.6 is 0 Å². The molecule has 3 heteroatoms. The maximum absolute atomic E-state index is 10.5. The Morgan fingerprint density at radius 2 is 1.88 bits per heavy atom. The van der Waals surface area contributed by atoms with Crippen LogP contribution in [0.25, 0.3) is 10.8 Å². The molecule has 0 saturated heterocycles. The zero-order valence-corrected chi connectivity index (χ0v) is 9.56. The molecule has 0 aromatic heterocycles. The van der Waals surface area contributed by atoms with Gasteiger partial charge in [0.15, 0.2) is 0 Å². The summed E-state index contributed by atoms with van der Waals surface area (Å²) in [7, 11) is 0. The number of quaternary nitrogens is 1. The number of aliphatic carboxylic acids is 1. The topological polar surface area (TPSA) is 67.8 Å². The van der Waals surface area contributed by atoms with E-state index in [1.165, 1.54) is 10.8 Å². The SMILES string of the molecule is [NH3+][C@@H](CC(=O)[O-])Cc1ccc2ccccc2c1. The van der Waals surface area contributed by atoms with Crippen LogP contribution in [-0.4, -0.2) is 12.0 Å². The number of hydrogen-bond donors (Lipinski definition) is 1. The standard InChI is InChI=1S/C14H15NO2/c15-13(9-14(16)17)8-10-5-6-11-3-1-2-4-12(11)7-10/h1-7,13H,8-9,15H2,(H,16,17)/t13-/m1/s1. The highest BCUT2D eigenvalue weighted by atomic mass is 16.4. The summed E-state index contributed by atoms with van der Waals surface area (Å²) >= 11 is 0. The summed E-state index contributed by atoms with van der Waals surface area (Å²) in [5, 5.41) is 12.8. The lowest BCUT2D eigenvalue weighted by atomic mass is 10.0. The number of carboxylic acids is 1. The van der Waals surface area contributed by atoms with Crippen molar-refractivity contribution in [1.29, 1.82) is 0 Å². The van der Waals surface area contributed by atoms with Crippen molar-refractivity contribution in [3.8, 4) is 0 Å². The largest absolute Gasteiger partial charge is 0.550 e. The van der Waals surface area contributed by atoms with Crippen LogP contribution < -0.4 is 10.8 Å². The van der Waals surface area contributed by atoms with Crippen molar-refractivity contribution in [2.24, 2.45) is 0 Å². The van der Waals surface area contributed by atoms with Gasteiger partial charge < -0.3 is 15.6 Å². The lowest BCUT2D eigenvalue weighted by Gasteiger charge is -2.09. The number of carboxylic acid groups (broad SMARTS) is 1. The van der Waals surface area contributed by atoms with E-state index in [0.717, 1.165) is 5.56 Å². The van der Waals surface area contributed by atoms with Gasteiger partial charge >= 0.3 is 0 Å². The molecule has 0 unspecified atom stereocenters. The van der Waals surface area contributed by atoms with E-state index in [0.29, 0.717) is 6.42 Å². The fourth-order valence-corrected chi connectivity index (χ4v) is 2.01. The van der Waals surface area contributed by atoms with Gasteiger partial charge in [-0.2, -0.15) is 0 Å². The number of benzene rings is 2. The molecule has 0 amide bonds. The van der Waals surface area contributed by atoms with Crippen molar-refractivity contribution in [2.45, 2.75) is 18.9 Å². The monoisotopic (exact) mass is 229 g/mol. The van der Waals surface area contributed by atoms with Crippen LogP contribution in [0.5, 0.6) is 0 Å². The zero-order chi connectivity index (χ0) is 12.3. The van der Waals surface area contributed by atoms with Crippen molar-refractivity contribution >= 4 is 16.7 Å². The molecule has 2 rings (SSSR count).